The maximum atomic E-state index is 12.8. The molecule has 41 heavy (non-hydrogen) atoms. The van der Waals surface area contributed by atoms with E-state index in [0.717, 1.165) is 5.57 Å². The van der Waals surface area contributed by atoms with Gasteiger partial charge in [0.2, 0.25) is 17.6 Å². The molecular formula is C26H29N7O8. The molecule has 1 N–H and O–H groups in total. The summed E-state index contributed by atoms with van der Waals surface area (Å²) in [4.78, 5) is 40.7. The summed E-state index contributed by atoms with van der Waals surface area (Å²) in [6.07, 6.45) is 2.32. The number of benzene rings is 1. The number of nitrogens with one attached hydrogen (secondary N) is 1. The van der Waals surface area contributed by atoms with Crippen molar-refractivity contribution in [2.75, 3.05) is 70.9 Å². The monoisotopic (exact) mass is 567 g/mol. The van der Waals surface area contributed by atoms with Gasteiger partial charge in [0.05, 0.1) is 40.6 Å². The number of aromatic nitrogens is 3. The first-order valence-corrected chi connectivity index (χ1v) is 12.8. The van der Waals surface area contributed by atoms with Gasteiger partial charge in [-0.1, -0.05) is 6.08 Å². The van der Waals surface area contributed by atoms with Crippen LogP contribution in [0.25, 0.3) is 5.57 Å². The Hall–Kier alpha value is -4.92. The predicted molar refractivity (Wildman–Crippen MR) is 146 cm³/mol. The van der Waals surface area contributed by atoms with Crippen LogP contribution in [0.1, 0.15) is 22.8 Å². The van der Waals surface area contributed by atoms with Gasteiger partial charge in [-0.25, -0.2) is 0 Å². The lowest BCUT2D eigenvalue weighted by molar-refractivity contribution is -0.402. The Balaban J connectivity index is 1.42. The molecule has 1 amide bonds. The summed E-state index contributed by atoms with van der Waals surface area (Å²) < 4.78 is 26.9. The summed E-state index contributed by atoms with van der Waals surface area (Å²) in [5, 5.41) is 14.1. The Labute approximate surface area is 234 Å². The molecule has 0 bridgehead atoms. The van der Waals surface area contributed by atoms with E-state index in [0.29, 0.717) is 79.9 Å². The highest BCUT2D eigenvalue weighted by molar-refractivity contribution is 5.92. The lowest BCUT2D eigenvalue weighted by Gasteiger charge is -2.28. The van der Waals surface area contributed by atoms with Gasteiger partial charge in [-0.05, 0) is 18.1 Å². The smallest absolute Gasteiger partial charge is 0.433 e. The van der Waals surface area contributed by atoms with Gasteiger partial charge >= 0.3 is 5.88 Å². The number of amides is 1. The normalized spacial score (nSPS) is 15.2. The van der Waals surface area contributed by atoms with E-state index >= 15 is 0 Å². The Kier molecular flexibility index (Phi) is 8.14. The zero-order valence-corrected chi connectivity index (χ0v) is 22.8. The second-order valence-corrected chi connectivity index (χ2v) is 9.05. The third-order valence-corrected chi connectivity index (χ3v) is 6.60. The Morgan fingerprint density at radius 2 is 1.76 bits per heavy atom. The molecule has 1 saturated heterocycles. The molecule has 4 heterocycles. The third-order valence-electron chi connectivity index (χ3n) is 6.60. The number of morpholine rings is 1. The minimum Gasteiger partial charge on any atom is -0.493 e. The summed E-state index contributed by atoms with van der Waals surface area (Å²) in [7, 11) is 4.61. The number of rotatable bonds is 9. The first kappa shape index (κ1) is 27.6. The fourth-order valence-electron chi connectivity index (χ4n) is 4.50. The van der Waals surface area contributed by atoms with Crippen LogP contribution in [0, 0.1) is 10.1 Å². The molecule has 0 atom stereocenters. The molecule has 15 nitrogen and oxygen atoms in total. The standard InChI is InChI=1S/C26H29N7O8/c1-37-19-14-17(15-20(38-2)22(19)39-3)27-25-28-23(29-26(30-25)32-10-12-40-13-11-32)16-6-8-31(9-7-16)24(34)18-4-5-21(41-18)33(35)36/h4-6,14-15H,7-13H2,1-3H3,(H,27,28,29,30). The van der Waals surface area contributed by atoms with Crippen LogP contribution in [0.2, 0.25) is 0 Å². The van der Waals surface area contributed by atoms with Gasteiger partial charge < -0.3 is 38.5 Å². The molecule has 216 valence electrons. The number of nitrogens with zero attached hydrogens (tertiary/aromatic N) is 6. The number of nitro groups is 1. The number of ether oxygens (including phenoxy) is 4. The molecule has 3 aromatic rings. The molecule has 1 aromatic carbocycles. The van der Waals surface area contributed by atoms with Crippen LogP contribution in [0.3, 0.4) is 0 Å². The quantitative estimate of drug-likeness (QED) is 0.296. The van der Waals surface area contributed by atoms with Crippen LogP contribution >= 0.6 is 0 Å². The third kappa shape index (κ3) is 5.99. The second kappa shape index (κ2) is 12.1. The highest BCUT2D eigenvalue weighted by Crippen LogP contribution is 2.40. The summed E-state index contributed by atoms with van der Waals surface area (Å²) >= 11 is 0. The van der Waals surface area contributed by atoms with Crippen LogP contribution in [0.4, 0.5) is 23.5 Å². The van der Waals surface area contributed by atoms with Crippen LogP contribution in [-0.4, -0.2) is 91.4 Å². The lowest BCUT2D eigenvalue weighted by atomic mass is 10.1. The van der Waals surface area contributed by atoms with E-state index in [9.17, 15) is 14.9 Å². The minimum absolute atomic E-state index is 0.0832. The van der Waals surface area contributed by atoms with Gasteiger partial charge in [0.15, 0.2) is 23.1 Å². The van der Waals surface area contributed by atoms with E-state index in [1.54, 1.807) is 17.0 Å². The first-order chi connectivity index (χ1) is 19.9. The molecule has 2 aliphatic heterocycles. The van der Waals surface area contributed by atoms with Crippen molar-refractivity contribution in [3.63, 3.8) is 0 Å². The number of furan rings is 1. The van der Waals surface area contributed by atoms with Gasteiger partial charge in [-0.15, -0.1) is 0 Å². The second-order valence-electron chi connectivity index (χ2n) is 9.05. The number of carbonyl (C=O) groups is 1. The van der Waals surface area contributed by atoms with Gasteiger partial charge in [0, 0.05) is 44.0 Å². The van der Waals surface area contributed by atoms with Crippen molar-refractivity contribution >= 4 is 34.9 Å². The van der Waals surface area contributed by atoms with E-state index in [1.807, 2.05) is 11.0 Å². The minimum atomic E-state index is -0.679. The van der Waals surface area contributed by atoms with Crippen LogP contribution in [-0.2, 0) is 4.74 Å². The summed E-state index contributed by atoms with van der Waals surface area (Å²) in [6.45, 7) is 2.99. The zero-order valence-electron chi connectivity index (χ0n) is 22.8. The van der Waals surface area contributed by atoms with Crippen LogP contribution in [0.15, 0.2) is 34.8 Å². The topological polar surface area (TPSA) is 167 Å². The molecular weight excluding hydrogens is 538 g/mol. The molecule has 0 saturated carbocycles. The van der Waals surface area contributed by atoms with Gasteiger partial charge in [0.25, 0.3) is 5.91 Å². The number of carbonyl (C=O) groups excluding carboxylic acids is 1. The molecule has 0 spiro atoms. The summed E-state index contributed by atoms with van der Waals surface area (Å²) in [6, 6.07) is 5.98. The molecule has 1 fully saturated rings. The van der Waals surface area contributed by atoms with Crippen molar-refractivity contribution in [1.29, 1.82) is 0 Å². The SMILES string of the molecule is COc1cc(Nc2nc(C3=CCN(C(=O)c4ccc([N+](=O)[O-])o4)CC3)nc(N3CCOCC3)n2)cc(OC)c1OC. The first-order valence-electron chi connectivity index (χ1n) is 12.8. The van der Waals surface area contributed by atoms with E-state index in [2.05, 4.69) is 15.3 Å². The number of hydrogen-bond acceptors (Lipinski definition) is 13. The van der Waals surface area contributed by atoms with Crippen molar-refractivity contribution in [3.05, 3.63) is 52.0 Å². The van der Waals surface area contributed by atoms with E-state index in [1.165, 1.54) is 33.5 Å². The Bertz CT molecular complexity index is 1440. The van der Waals surface area contributed by atoms with Crippen molar-refractivity contribution in [1.82, 2.24) is 19.9 Å². The maximum absolute atomic E-state index is 12.8. The number of hydrogen-bond donors (Lipinski definition) is 1. The average molecular weight is 568 g/mol. The highest BCUT2D eigenvalue weighted by atomic mass is 16.6. The van der Waals surface area contributed by atoms with Crippen molar-refractivity contribution in [2.24, 2.45) is 0 Å². The molecule has 5 rings (SSSR count). The maximum Gasteiger partial charge on any atom is 0.433 e. The fourth-order valence-corrected chi connectivity index (χ4v) is 4.50. The summed E-state index contributed by atoms with van der Waals surface area (Å²) in [5.74, 6) is 1.69. The molecule has 0 radical (unpaired) electrons. The Morgan fingerprint density at radius 1 is 1.02 bits per heavy atom. The largest absolute Gasteiger partial charge is 0.493 e. The Morgan fingerprint density at radius 3 is 2.34 bits per heavy atom. The van der Waals surface area contributed by atoms with Crippen LogP contribution < -0.4 is 24.4 Å². The van der Waals surface area contributed by atoms with Gasteiger partial charge in [-0.3, -0.25) is 14.9 Å². The predicted octanol–water partition coefficient (Wildman–Crippen LogP) is 2.91. The number of methoxy groups -OCH3 is 3. The van der Waals surface area contributed by atoms with Gasteiger partial charge in [0.1, 0.15) is 4.92 Å². The van der Waals surface area contributed by atoms with Crippen molar-refractivity contribution < 1.29 is 33.1 Å². The molecule has 2 aromatic heterocycles. The zero-order chi connectivity index (χ0) is 28.9. The van der Waals surface area contributed by atoms with Gasteiger partial charge in [-0.2, -0.15) is 15.0 Å². The van der Waals surface area contributed by atoms with E-state index in [-0.39, 0.29) is 12.3 Å². The molecule has 2 aliphatic rings. The summed E-state index contributed by atoms with van der Waals surface area (Å²) in [5.41, 5.74) is 1.45. The van der Waals surface area contributed by atoms with Crippen molar-refractivity contribution in [2.45, 2.75) is 6.42 Å². The molecule has 15 heteroatoms. The molecule has 0 unspecified atom stereocenters. The van der Waals surface area contributed by atoms with E-state index in [4.69, 9.17) is 28.3 Å². The van der Waals surface area contributed by atoms with Crippen LogP contribution in [0.5, 0.6) is 17.2 Å². The number of anilines is 3. The average Bonchev–Trinajstić information content (AvgIpc) is 3.51. The fraction of sp³-hybridized carbons (Fsp3) is 0.385. The highest BCUT2D eigenvalue weighted by Gasteiger charge is 2.26. The lowest BCUT2D eigenvalue weighted by Crippen LogP contribution is -2.38. The van der Waals surface area contributed by atoms with E-state index < -0.39 is 16.7 Å². The van der Waals surface area contributed by atoms with Crippen molar-refractivity contribution in [3.8, 4) is 17.2 Å². The molecule has 0 aliphatic carbocycles.